The van der Waals surface area contributed by atoms with Gasteiger partial charge in [0.25, 0.3) is 5.91 Å². The van der Waals surface area contributed by atoms with Crippen molar-refractivity contribution in [3.8, 4) is 0 Å². The van der Waals surface area contributed by atoms with Gasteiger partial charge in [-0.2, -0.15) is 0 Å². The van der Waals surface area contributed by atoms with E-state index >= 15 is 0 Å². The standard InChI is InChI=1S/C20H17N3O2S2/c24-18-11-26-16-8-7-12(10-14(16)21-18)20(25)23-9-3-5-15(23)19-22-13-4-1-2-6-17(13)27-19/h1-2,4,6-8,10,15H,3,5,9,11H2,(H,21,24)/t15-/m0/s1. The Morgan fingerprint density at radius 1 is 1.22 bits per heavy atom. The molecule has 2 amide bonds. The molecule has 0 saturated carbocycles. The van der Waals surface area contributed by atoms with Crippen molar-refractivity contribution in [3.63, 3.8) is 0 Å². The Balaban J connectivity index is 1.45. The quantitative estimate of drug-likeness (QED) is 0.702. The van der Waals surface area contributed by atoms with Crippen LogP contribution in [-0.2, 0) is 4.79 Å². The highest BCUT2D eigenvalue weighted by molar-refractivity contribution is 8.00. The summed E-state index contributed by atoms with van der Waals surface area (Å²) >= 11 is 3.17. The molecule has 0 aliphatic carbocycles. The van der Waals surface area contributed by atoms with Crippen LogP contribution in [-0.4, -0.2) is 34.0 Å². The average Bonchev–Trinajstić information content (AvgIpc) is 3.33. The highest BCUT2D eigenvalue weighted by Crippen LogP contribution is 2.38. The number of hydrogen-bond acceptors (Lipinski definition) is 5. The van der Waals surface area contributed by atoms with Crippen LogP contribution in [0.1, 0.15) is 34.2 Å². The zero-order chi connectivity index (χ0) is 18.4. The number of aromatic nitrogens is 1. The summed E-state index contributed by atoms with van der Waals surface area (Å²) in [7, 11) is 0. The maximum absolute atomic E-state index is 13.2. The fraction of sp³-hybridized carbons (Fsp3) is 0.250. The maximum atomic E-state index is 13.2. The van der Waals surface area contributed by atoms with E-state index in [1.54, 1.807) is 17.4 Å². The van der Waals surface area contributed by atoms with Crippen LogP contribution in [0, 0.1) is 0 Å². The zero-order valence-corrected chi connectivity index (χ0v) is 16.1. The first kappa shape index (κ1) is 16.8. The van der Waals surface area contributed by atoms with Crippen molar-refractivity contribution in [3.05, 3.63) is 53.0 Å². The average molecular weight is 396 g/mol. The van der Waals surface area contributed by atoms with Crippen LogP contribution in [0.3, 0.4) is 0 Å². The molecule has 1 fully saturated rings. The van der Waals surface area contributed by atoms with E-state index in [1.807, 2.05) is 35.2 Å². The van der Waals surface area contributed by atoms with Gasteiger partial charge in [-0.3, -0.25) is 9.59 Å². The number of thioether (sulfide) groups is 1. The van der Waals surface area contributed by atoms with Gasteiger partial charge in [-0.25, -0.2) is 4.98 Å². The number of hydrogen-bond donors (Lipinski definition) is 1. The summed E-state index contributed by atoms with van der Waals surface area (Å²) in [5.74, 6) is 0.404. The molecule has 5 rings (SSSR count). The van der Waals surface area contributed by atoms with E-state index in [9.17, 15) is 9.59 Å². The summed E-state index contributed by atoms with van der Waals surface area (Å²) in [6, 6.07) is 13.7. The lowest BCUT2D eigenvalue weighted by atomic mass is 10.1. The predicted molar refractivity (Wildman–Crippen MR) is 108 cm³/mol. The molecule has 0 radical (unpaired) electrons. The van der Waals surface area contributed by atoms with Crippen LogP contribution in [0.25, 0.3) is 10.2 Å². The SMILES string of the molecule is O=C1CSc2ccc(C(=O)N3CCC[C@H]3c3nc4ccccc4s3)cc2N1. The lowest BCUT2D eigenvalue weighted by Gasteiger charge is -2.24. The molecule has 136 valence electrons. The lowest BCUT2D eigenvalue weighted by Crippen LogP contribution is -2.30. The minimum Gasteiger partial charge on any atom is -0.329 e. The molecule has 27 heavy (non-hydrogen) atoms. The van der Waals surface area contributed by atoms with Gasteiger partial charge in [0, 0.05) is 17.0 Å². The van der Waals surface area contributed by atoms with Crippen molar-refractivity contribution in [1.29, 1.82) is 0 Å². The lowest BCUT2D eigenvalue weighted by molar-refractivity contribution is -0.113. The molecule has 0 bridgehead atoms. The molecule has 1 atom stereocenters. The molecule has 3 heterocycles. The zero-order valence-electron chi connectivity index (χ0n) is 14.5. The topological polar surface area (TPSA) is 62.3 Å². The molecule has 0 spiro atoms. The van der Waals surface area contributed by atoms with E-state index in [-0.39, 0.29) is 17.9 Å². The number of thiazole rings is 1. The second-order valence-corrected chi connectivity index (χ2v) is 8.80. The number of fused-ring (bicyclic) bond motifs is 2. The van der Waals surface area contributed by atoms with Crippen LogP contribution >= 0.6 is 23.1 Å². The van der Waals surface area contributed by atoms with Gasteiger partial charge in [0.15, 0.2) is 0 Å². The summed E-state index contributed by atoms with van der Waals surface area (Å²) in [5, 5.41) is 3.87. The smallest absolute Gasteiger partial charge is 0.254 e. The van der Waals surface area contributed by atoms with Crippen molar-refractivity contribution in [2.45, 2.75) is 23.8 Å². The number of carbonyl (C=O) groups excluding carboxylic acids is 2. The van der Waals surface area contributed by atoms with Crippen LogP contribution in [0.5, 0.6) is 0 Å². The van der Waals surface area contributed by atoms with E-state index in [0.717, 1.165) is 45.2 Å². The highest BCUT2D eigenvalue weighted by Gasteiger charge is 2.33. The third-order valence-corrected chi connectivity index (χ3v) is 7.18. The number of amides is 2. The van der Waals surface area contributed by atoms with Crippen molar-refractivity contribution in [1.82, 2.24) is 9.88 Å². The number of para-hydroxylation sites is 1. The number of carbonyl (C=O) groups is 2. The molecule has 3 aromatic rings. The third-order valence-electron chi connectivity index (χ3n) is 4.97. The van der Waals surface area contributed by atoms with Gasteiger partial charge in [-0.1, -0.05) is 12.1 Å². The fourth-order valence-corrected chi connectivity index (χ4v) is 5.58. The molecule has 2 aromatic carbocycles. The van der Waals surface area contributed by atoms with Gasteiger partial charge in [-0.15, -0.1) is 23.1 Å². The molecule has 7 heteroatoms. The van der Waals surface area contributed by atoms with Crippen LogP contribution < -0.4 is 5.32 Å². The molecular formula is C20H17N3O2S2. The third kappa shape index (κ3) is 3.00. The molecule has 1 N–H and O–H groups in total. The summed E-state index contributed by atoms with van der Waals surface area (Å²) in [6.07, 6.45) is 1.91. The molecule has 2 aliphatic heterocycles. The molecular weight excluding hydrogens is 378 g/mol. The van der Waals surface area contributed by atoms with Gasteiger partial charge in [-0.05, 0) is 43.2 Å². The second-order valence-electron chi connectivity index (χ2n) is 6.72. The Kier molecular flexibility index (Phi) is 4.13. The number of anilines is 1. The first-order chi connectivity index (χ1) is 13.2. The number of likely N-dealkylation sites (tertiary alicyclic amines) is 1. The molecule has 5 nitrogen and oxygen atoms in total. The van der Waals surface area contributed by atoms with Gasteiger partial charge in [0.05, 0.1) is 27.7 Å². The van der Waals surface area contributed by atoms with E-state index in [1.165, 1.54) is 11.8 Å². The van der Waals surface area contributed by atoms with Crippen molar-refractivity contribution in [2.75, 3.05) is 17.6 Å². The van der Waals surface area contributed by atoms with E-state index in [2.05, 4.69) is 11.4 Å². The largest absolute Gasteiger partial charge is 0.329 e. The Morgan fingerprint density at radius 3 is 3.00 bits per heavy atom. The second kappa shape index (κ2) is 6.65. The summed E-state index contributed by atoms with van der Waals surface area (Å²) in [4.78, 5) is 32.6. The van der Waals surface area contributed by atoms with Crippen LogP contribution in [0.4, 0.5) is 5.69 Å². The van der Waals surface area contributed by atoms with Gasteiger partial charge in [0.2, 0.25) is 5.91 Å². The van der Waals surface area contributed by atoms with E-state index in [0.29, 0.717) is 11.3 Å². The van der Waals surface area contributed by atoms with Crippen LogP contribution in [0.15, 0.2) is 47.4 Å². The Bertz CT molecular complexity index is 1030. The monoisotopic (exact) mass is 395 g/mol. The van der Waals surface area contributed by atoms with Gasteiger partial charge < -0.3 is 10.2 Å². The predicted octanol–water partition coefficient (Wildman–Crippen LogP) is 4.32. The maximum Gasteiger partial charge on any atom is 0.254 e. The van der Waals surface area contributed by atoms with Gasteiger partial charge in [0.1, 0.15) is 5.01 Å². The minimum atomic E-state index is -0.0226. The minimum absolute atomic E-state index is 0.00405. The summed E-state index contributed by atoms with van der Waals surface area (Å²) < 4.78 is 1.15. The van der Waals surface area contributed by atoms with Gasteiger partial charge >= 0.3 is 0 Å². The number of nitrogens with one attached hydrogen (secondary N) is 1. The molecule has 0 unspecified atom stereocenters. The van der Waals surface area contributed by atoms with Crippen molar-refractivity contribution >= 4 is 50.8 Å². The summed E-state index contributed by atoms with van der Waals surface area (Å²) in [5.41, 5.74) is 2.34. The highest BCUT2D eigenvalue weighted by atomic mass is 32.2. The van der Waals surface area contributed by atoms with E-state index in [4.69, 9.17) is 4.98 Å². The number of benzene rings is 2. The first-order valence-corrected chi connectivity index (χ1v) is 10.7. The van der Waals surface area contributed by atoms with E-state index < -0.39 is 0 Å². The Morgan fingerprint density at radius 2 is 2.11 bits per heavy atom. The normalized spacial score (nSPS) is 19.2. The Labute approximate surface area is 164 Å². The molecule has 1 saturated heterocycles. The van der Waals surface area contributed by atoms with Crippen LogP contribution in [0.2, 0.25) is 0 Å². The van der Waals surface area contributed by atoms with Crippen molar-refractivity contribution < 1.29 is 9.59 Å². The Hall–Kier alpha value is -2.38. The number of rotatable bonds is 2. The molecule has 2 aliphatic rings. The van der Waals surface area contributed by atoms with Crippen molar-refractivity contribution in [2.24, 2.45) is 0 Å². The fourth-order valence-electron chi connectivity index (χ4n) is 3.68. The summed E-state index contributed by atoms with van der Waals surface area (Å²) in [6.45, 7) is 0.734. The number of nitrogens with zero attached hydrogens (tertiary/aromatic N) is 2. The first-order valence-electron chi connectivity index (χ1n) is 8.92. The molecule has 1 aromatic heterocycles.